The van der Waals surface area contributed by atoms with Gasteiger partial charge in [0.05, 0.1) is 11.2 Å². The summed E-state index contributed by atoms with van der Waals surface area (Å²) in [5.74, 6) is 0.397. The van der Waals surface area contributed by atoms with Crippen molar-refractivity contribution >= 4 is 0 Å². The van der Waals surface area contributed by atoms with Crippen LogP contribution in [-0.2, 0) is 4.74 Å². The lowest BCUT2D eigenvalue weighted by atomic mass is 9.82. The first-order valence-corrected chi connectivity index (χ1v) is 7.52. The second-order valence-corrected chi connectivity index (χ2v) is 7.55. The van der Waals surface area contributed by atoms with Crippen molar-refractivity contribution in [2.75, 3.05) is 33.2 Å². The zero-order chi connectivity index (χ0) is 14.4. The van der Waals surface area contributed by atoms with Crippen LogP contribution in [0.4, 0.5) is 0 Å². The van der Waals surface area contributed by atoms with E-state index in [4.69, 9.17) is 10.5 Å². The van der Waals surface area contributed by atoms with E-state index in [0.717, 1.165) is 26.2 Å². The Hall–Kier alpha value is -0.160. The monoisotopic (exact) mass is 269 g/mol. The summed E-state index contributed by atoms with van der Waals surface area (Å²) < 4.78 is 6.20. The number of nitrogens with zero attached hydrogens (tertiary/aromatic N) is 2. The minimum atomic E-state index is -0.218. The van der Waals surface area contributed by atoms with Gasteiger partial charge in [-0.3, -0.25) is 4.90 Å². The van der Waals surface area contributed by atoms with Crippen molar-refractivity contribution in [1.82, 2.24) is 9.80 Å². The number of piperazine rings is 1. The molecule has 2 fully saturated rings. The molecule has 2 aliphatic rings. The summed E-state index contributed by atoms with van der Waals surface area (Å²) in [4.78, 5) is 4.98. The van der Waals surface area contributed by atoms with Gasteiger partial charge in [-0.1, -0.05) is 0 Å². The lowest BCUT2D eigenvalue weighted by Gasteiger charge is -2.41. The van der Waals surface area contributed by atoms with Crippen molar-refractivity contribution in [1.29, 1.82) is 0 Å². The fourth-order valence-corrected chi connectivity index (χ4v) is 3.77. The molecular formula is C15H31N3O. The molecule has 3 unspecified atom stereocenters. The summed E-state index contributed by atoms with van der Waals surface area (Å²) in [6, 6.07) is 0.708. The van der Waals surface area contributed by atoms with Crippen molar-refractivity contribution in [2.45, 2.75) is 57.9 Å². The van der Waals surface area contributed by atoms with Crippen molar-refractivity contribution < 1.29 is 4.74 Å². The van der Waals surface area contributed by atoms with E-state index in [9.17, 15) is 0 Å². The molecule has 0 bridgehead atoms. The van der Waals surface area contributed by atoms with Crippen LogP contribution in [0.3, 0.4) is 0 Å². The quantitative estimate of drug-likeness (QED) is 0.817. The first kappa shape index (κ1) is 15.2. The number of likely N-dealkylation sites (N-methyl/N-ethyl adjacent to an activating group) is 1. The van der Waals surface area contributed by atoms with E-state index in [-0.39, 0.29) is 17.2 Å². The summed E-state index contributed by atoms with van der Waals surface area (Å²) in [7, 11) is 2.20. The van der Waals surface area contributed by atoms with Crippen LogP contribution in [0.1, 0.15) is 34.6 Å². The fourth-order valence-electron chi connectivity index (χ4n) is 3.77. The molecule has 3 atom stereocenters. The molecule has 0 aromatic heterocycles. The maximum atomic E-state index is 6.46. The minimum absolute atomic E-state index is 0.106. The van der Waals surface area contributed by atoms with Crippen molar-refractivity contribution in [2.24, 2.45) is 11.7 Å². The van der Waals surface area contributed by atoms with Crippen molar-refractivity contribution in [3.63, 3.8) is 0 Å². The molecule has 0 spiro atoms. The standard InChI is InChI=1S/C15H31N3O/c1-11-9-17(6)7-8-18(11)10-12-13(16)15(4,5)19-14(12,2)3/h11-13H,7-10,16H2,1-6H3. The summed E-state index contributed by atoms with van der Waals surface area (Å²) in [5.41, 5.74) is 6.11. The molecule has 4 nitrogen and oxygen atoms in total. The van der Waals surface area contributed by atoms with Gasteiger partial charge in [0.15, 0.2) is 0 Å². The van der Waals surface area contributed by atoms with Gasteiger partial charge < -0.3 is 15.4 Å². The van der Waals surface area contributed by atoms with E-state index < -0.39 is 0 Å². The lowest BCUT2D eigenvalue weighted by molar-refractivity contribution is -0.0800. The Kier molecular flexibility index (Phi) is 4.00. The van der Waals surface area contributed by atoms with E-state index in [0.29, 0.717) is 12.0 Å². The number of ether oxygens (including phenoxy) is 1. The maximum Gasteiger partial charge on any atom is 0.0788 e. The lowest BCUT2D eigenvalue weighted by Crippen LogP contribution is -2.55. The molecule has 2 N–H and O–H groups in total. The van der Waals surface area contributed by atoms with E-state index in [1.807, 2.05) is 0 Å². The maximum absolute atomic E-state index is 6.46. The normalized spacial score (nSPS) is 39.6. The Morgan fingerprint density at radius 3 is 2.26 bits per heavy atom. The third-order valence-electron chi connectivity index (χ3n) is 5.05. The van der Waals surface area contributed by atoms with Crippen LogP contribution < -0.4 is 5.73 Å². The highest BCUT2D eigenvalue weighted by Crippen LogP contribution is 2.41. The predicted molar refractivity (Wildman–Crippen MR) is 79.2 cm³/mol. The van der Waals surface area contributed by atoms with Gasteiger partial charge in [0.2, 0.25) is 0 Å². The van der Waals surface area contributed by atoms with Gasteiger partial charge in [-0.15, -0.1) is 0 Å². The van der Waals surface area contributed by atoms with Crippen LogP contribution in [0.5, 0.6) is 0 Å². The highest BCUT2D eigenvalue weighted by atomic mass is 16.5. The first-order chi connectivity index (χ1) is 8.63. The van der Waals surface area contributed by atoms with Crippen LogP contribution in [-0.4, -0.2) is 66.3 Å². The molecule has 0 radical (unpaired) electrons. The van der Waals surface area contributed by atoms with E-state index >= 15 is 0 Å². The average molecular weight is 269 g/mol. The second-order valence-electron chi connectivity index (χ2n) is 7.55. The third kappa shape index (κ3) is 2.97. The summed E-state index contributed by atoms with van der Waals surface area (Å²) in [6.45, 7) is 15.4. The Morgan fingerprint density at radius 2 is 1.79 bits per heavy atom. The Labute approximate surface area is 118 Å². The zero-order valence-electron chi connectivity index (χ0n) is 13.4. The molecule has 0 amide bonds. The van der Waals surface area contributed by atoms with Gasteiger partial charge in [0, 0.05) is 44.2 Å². The van der Waals surface area contributed by atoms with Crippen LogP contribution in [0, 0.1) is 5.92 Å². The van der Waals surface area contributed by atoms with Gasteiger partial charge in [0.1, 0.15) is 0 Å². The van der Waals surface area contributed by atoms with Crippen molar-refractivity contribution in [3.8, 4) is 0 Å². The molecule has 0 aromatic carbocycles. The molecule has 112 valence electrons. The number of nitrogens with two attached hydrogens (primary N) is 1. The molecule has 2 heterocycles. The third-order valence-corrected chi connectivity index (χ3v) is 5.05. The topological polar surface area (TPSA) is 41.7 Å². The minimum Gasteiger partial charge on any atom is -0.368 e. The average Bonchev–Trinajstić information content (AvgIpc) is 2.39. The molecule has 2 saturated heterocycles. The predicted octanol–water partition coefficient (Wildman–Crippen LogP) is 1.15. The summed E-state index contributed by atoms with van der Waals surface area (Å²) in [5, 5.41) is 0. The zero-order valence-corrected chi connectivity index (χ0v) is 13.4. The van der Waals surface area contributed by atoms with Gasteiger partial charge >= 0.3 is 0 Å². The molecule has 19 heavy (non-hydrogen) atoms. The molecule has 2 aliphatic heterocycles. The molecule has 0 aliphatic carbocycles. The molecule has 0 saturated carbocycles. The smallest absolute Gasteiger partial charge is 0.0788 e. The second kappa shape index (κ2) is 4.99. The Bertz CT molecular complexity index is 329. The molecule has 2 rings (SSSR count). The van der Waals surface area contributed by atoms with Crippen LogP contribution in [0.2, 0.25) is 0 Å². The van der Waals surface area contributed by atoms with Crippen LogP contribution >= 0.6 is 0 Å². The number of hydrogen-bond acceptors (Lipinski definition) is 4. The summed E-state index contributed by atoms with van der Waals surface area (Å²) >= 11 is 0. The Morgan fingerprint density at radius 1 is 1.16 bits per heavy atom. The number of rotatable bonds is 2. The van der Waals surface area contributed by atoms with Crippen LogP contribution in [0.25, 0.3) is 0 Å². The summed E-state index contributed by atoms with van der Waals surface area (Å²) in [6.07, 6.45) is 0. The van der Waals surface area contributed by atoms with Crippen molar-refractivity contribution in [3.05, 3.63) is 0 Å². The largest absolute Gasteiger partial charge is 0.368 e. The van der Waals surface area contributed by atoms with E-state index in [2.05, 4.69) is 51.5 Å². The van der Waals surface area contributed by atoms with Crippen LogP contribution in [0.15, 0.2) is 0 Å². The van der Waals surface area contributed by atoms with E-state index in [1.165, 1.54) is 0 Å². The molecule has 4 heteroatoms. The highest BCUT2D eigenvalue weighted by molar-refractivity contribution is 5.05. The highest BCUT2D eigenvalue weighted by Gasteiger charge is 2.52. The Balaban J connectivity index is 2.06. The van der Waals surface area contributed by atoms with Gasteiger partial charge in [0.25, 0.3) is 0 Å². The molecular weight excluding hydrogens is 238 g/mol. The van der Waals surface area contributed by atoms with Gasteiger partial charge in [-0.05, 0) is 41.7 Å². The number of hydrogen-bond donors (Lipinski definition) is 1. The SMILES string of the molecule is CC1CN(C)CCN1CC1C(N)C(C)(C)OC1(C)C. The fraction of sp³-hybridized carbons (Fsp3) is 1.00. The molecule has 0 aromatic rings. The first-order valence-electron chi connectivity index (χ1n) is 7.52. The van der Waals surface area contributed by atoms with E-state index in [1.54, 1.807) is 0 Å². The van der Waals surface area contributed by atoms with Gasteiger partial charge in [-0.25, -0.2) is 0 Å². The van der Waals surface area contributed by atoms with Gasteiger partial charge in [-0.2, -0.15) is 0 Å².